The van der Waals surface area contributed by atoms with Gasteiger partial charge < -0.3 is 0 Å². The number of aromatic nitrogens is 1. The highest BCUT2D eigenvalue weighted by atomic mass is 32.2. The van der Waals surface area contributed by atoms with Gasteiger partial charge in [-0.1, -0.05) is 47.7 Å². The van der Waals surface area contributed by atoms with Crippen LogP contribution in [-0.2, 0) is 21.4 Å². The normalized spacial score (nSPS) is 15.2. The van der Waals surface area contributed by atoms with Gasteiger partial charge in [-0.3, -0.25) is 9.69 Å². The number of amides is 1. The van der Waals surface area contributed by atoms with Crippen LogP contribution in [0.1, 0.15) is 29.5 Å². The summed E-state index contributed by atoms with van der Waals surface area (Å²) in [5.41, 5.74) is 4.02. The van der Waals surface area contributed by atoms with Gasteiger partial charge in [-0.2, -0.15) is 4.31 Å². The van der Waals surface area contributed by atoms with Gasteiger partial charge in [0.05, 0.1) is 16.8 Å². The molecular weight excluding hydrogens is 528 g/mol. The van der Waals surface area contributed by atoms with Crippen molar-refractivity contribution in [1.82, 2.24) is 9.29 Å². The van der Waals surface area contributed by atoms with E-state index >= 15 is 0 Å². The largest absolute Gasteiger partial charge is 0.283 e. The molecule has 0 spiro atoms. The molecule has 0 atom stereocenters. The topological polar surface area (TPSA) is 70.6 Å². The summed E-state index contributed by atoms with van der Waals surface area (Å²) >= 11 is 1.46. The van der Waals surface area contributed by atoms with E-state index in [-0.39, 0.29) is 31.8 Å². The van der Waals surface area contributed by atoms with Crippen LogP contribution in [0.5, 0.6) is 0 Å². The number of halogens is 2. The van der Waals surface area contributed by atoms with E-state index in [9.17, 15) is 22.0 Å². The molecule has 6 nitrogen and oxygen atoms in total. The molecule has 1 fully saturated rings. The minimum absolute atomic E-state index is 0.0337. The Morgan fingerprint density at radius 2 is 1.76 bits per heavy atom. The van der Waals surface area contributed by atoms with Crippen LogP contribution in [0.25, 0.3) is 10.2 Å². The average molecular weight is 556 g/mol. The van der Waals surface area contributed by atoms with Crippen LogP contribution < -0.4 is 4.90 Å². The predicted molar refractivity (Wildman–Crippen MR) is 145 cm³/mol. The molecule has 0 unspecified atom stereocenters. The molecule has 0 saturated carbocycles. The molecular formula is C28H27F2N3O3S2. The fourth-order valence-corrected chi connectivity index (χ4v) is 7.29. The first-order chi connectivity index (χ1) is 18.1. The monoisotopic (exact) mass is 555 g/mol. The van der Waals surface area contributed by atoms with Crippen molar-refractivity contribution in [3.63, 3.8) is 0 Å². The molecule has 1 amide bonds. The molecule has 0 aliphatic carbocycles. The zero-order valence-corrected chi connectivity index (χ0v) is 22.7. The van der Waals surface area contributed by atoms with Gasteiger partial charge in [-0.05, 0) is 67.6 Å². The minimum atomic E-state index is -4.23. The quantitative estimate of drug-likeness (QED) is 0.300. The number of hydrogen-bond acceptors (Lipinski definition) is 5. The van der Waals surface area contributed by atoms with Crippen molar-refractivity contribution in [1.29, 1.82) is 0 Å². The summed E-state index contributed by atoms with van der Waals surface area (Å²) < 4.78 is 56.0. The van der Waals surface area contributed by atoms with E-state index in [2.05, 4.69) is 0 Å². The van der Waals surface area contributed by atoms with Crippen LogP contribution in [0.3, 0.4) is 0 Å². The summed E-state index contributed by atoms with van der Waals surface area (Å²) in [4.78, 5) is 19.7. The van der Waals surface area contributed by atoms with E-state index in [4.69, 9.17) is 4.98 Å². The maximum absolute atomic E-state index is 14.2. The number of aryl methyl sites for hydroxylation is 2. The first-order valence-corrected chi connectivity index (χ1v) is 14.6. The number of piperidine rings is 1. The Labute approximate surface area is 224 Å². The van der Waals surface area contributed by atoms with Crippen molar-refractivity contribution >= 4 is 42.6 Å². The van der Waals surface area contributed by atoms with Crippen LogP contribution in [0.4, 0.5) is 13.9 Å². The molecule has 5 rings (SSSR count). The predicted octanol–water partition coefficient (Wildman–Crippen LogP) is 5.83. The Kier molecular flexibility index (Phi) is 7.30. The Morgan fingerprint density at radius 1 is 1.05 bits per heavy atom. The fraction of sp³-hybridized carbons (Fsp3) is 0.286. The number of anilines is 1. The van der Waals surface area contributed by atoms with E-state index in [1.807, 2.05) is 56.3 Å². The van der Waals surface area contributed by atoms with Gasteiger partial charge in [-0.15, -0.1) is 0 Å². The number of thiazole rings is 1. The molecule has 1 aliphatic rings. The highest BCUT2D eigenvalue weighted by molar-refractivity contribution is 7.89. The van der Waals surface area contributed by atoms with Gasteiger partial charge in [0.1, 0.15) is 16.5 Å². The molecule has 38 heavy (non-hydrogen) atoms. The Bertz CT molecular complexity index is 1600. The summed E-state index contributed by atoms with van der Waals surface area (Å²) in [6.45, 7) is 4.45. The highest BCUT2D eigenvalue weighted by Gasteiger charge is 2.36. The molecule has 1 aromatic heterocycles. The third-order valence-corrected chi connectivity index (χ3v) is 10.0. The van der Waals surface area contributed by atoms with E-state index < -0.39 is 32.5 Å². The SMILES string of the molecule is Cc1ccc2sc(N(Cc3ccccc3)C(=O)C3CCN(S(=O)(=O)c4cc(F)ccc4F)CC3)nc2c1C. The van der Waals surface area contributed by atoms with Gasteiger partial charge >= 0.3 is 0 Å². The molecule has 0 bridgehead atoms. The summed E-state index contributed by atoms with van der Waals surface area (Å²) in [5, 5.41) is 0.597. The lowest BCUT2D eigenvalue weighted by Gasteiger charge is -2.33. The summed E-state index contributed by atoms with van der Waals surface area (Å²) in [6.07, 6.45) is 0.534. The summed E-state index contributed by atoms with van der Waals surface area (Å²) in [7, 11) is -4.23. The first-order valence-electron chi connectivity index (χ1n) is 12.3. The maximum Gasteiger partial charge on any atom is 0.246 e. The molecule has 1 saturated heterocycles. The van der Waals surface area contributed by atoms with Crippen LogP contribution in [0.2, 0.25) is 0 Å². The first kappa shape index (κ1) is 26.4. The highest BCUT2D eigenvalue weighted by Crippen LogP contribution is 2.35. The lowest BCUT2D eigenvalue weighted by molar-refractivity contribution is -0.123. The molecule has 0 radical (unpaired) electrons. The van der Waals surface area contributed by atoms with Crippen molar-refractivity contribution in [3.8, 4) is 0 Å². The Morgan fingerprint density at radius 3 is 2.47 bits per heavy atom. The smallest absolute Gasteiger partial charge is 0.246 e. The number of hydrogen-bond donors (Lipinski definition) is 0. The second kappa shape index (κ2) is 10.5. The molecule has 198 valence electrons. The van der Waals surface area contributed by atoms with Crippen molar-refractivity contribution in [2.75, 3.05) is 18.0 Å². The number of sulfonamides is 1. The lowest BCUT2D eigenvalue weighted by atomic mass is 9.96. The molecule has 1 aliphatic heterocycles. The fourth-order valence-electron chi connectivity index (χ4n) is 4.71. The van der Waals surface area contributed by atoms with Crippen molar-refractivity contribution in [2.24, 2.45) is 5.92 Å². The van der Waals surface area contributed by atoms with E-state index in [1.54, 1.807) is 4.90 Å². The maximum atomic E-state index is 14.2. The van der Waals surface area contributed by atoms with Crippen molar-refractivity contribution in [2.45, 2.75) is 38.1 Å². The number of carbonyl (C=O) groups is 1. The molecule has 3 aromatic carbocycles. The molecule has 0 N–H and O–H groups in total. The number of nitrogens with zero attached hydrogens (tertiary/aromatic N) is 3. The van der Waals surface area contributed by atoms with Crippen LogP contribution in [0, 0.1) is 31.4 Å². The third kappa shape index (κ3) is 5.08. The van der Waals surface area contributed by atoms with Gasteiger partial charge in [0.25, 0.3) is 0 Å². The van der Waals surface area contributed by atoms with E-state index in [0.717, 1.165) is 43.3 Å². The molecule has 2 heterocycles. The van der Waals surface area contributed by atoms with E-state index in [1.165, 1.54) is 11.3 Å². The number of benzene rings is 3. The Hall–Kier alpha value is -3.21. The second-order valence-electron chi connectivity index (χ2n) is 9.51. The molecule has 4 aromatic rings. The number of fused-ring (bicyclic) bond motifs is 1. The number of rotatable bonds is 6. The van der Waals surface area contributed by atoms with Crippen LogP contribution in [-0.4, -0.2) is 36.7 Å². The Balaban J connectivity index is 1.40. The minimum Gasteiger partial charge on any atom is -0.283 e. The third-order valence-electron chi connectivity index (χ3n) is 7.07. The van der Waals surface area contributed by atoms with Crippen molar-refractivity contribution < 1.29 is 22.0 Å². The van der Waals surface area contributed by atoms with Gasteiger partial charge in [0.15, 0.2) is 5.13 Å². The van der Waals surface area contributed by atoms with Crippen molar-refractivity contribution in [3.05, 3.63) is 89.0 Å². The summed E-state index contributed by atoms with van der Waals surface area (Å²) in [6, 6.07) is 16.1. The standard InChI is InChI=1S/C28H27F2N3O3S2/c1-18-8-11-24-26(19(18)2)31-28(37-24)33(17-20-6-4-3-5-7-20)27(34)21-12-14-32(15-13-21)38(35,36)25-16-22(29)9-10-23(25)30/h3-11,16,21H,12-15,17H2,1-2H3. The zero-order valence-electron chi connectivity index (χ0n) is 21.0. The van der Waals surface area contributed by atoms with Gasteiger partial charge in [0.2, 0.25) is 15.9 Å². The zero-order chi connectivity index (χ0) is 27.0. The van der Waals surface area contributed by atoms with Gasteiger partial charge in [-0.25, -0.2) is 22.2 Å². The van der Waals surface area contributed by atoms with Crippen LogP contribution in [0.15, 0.2) is 65.6 Å². The summed E-state index contributed by atoms with van der Waals surface area (Å²) in [5.74, 6) is -2.39. The second-order valence-corrected chi connectivity index (χ2v) is 12.4. The average Bonchev–Trinajstić information content (AvgIpc) is 3.36. The van der Waals surface area contributed by atoms with E-state index in [0.29, 0.717) is 17.7 Å². The molecule has 10 heteroatoms. The number of carbonyl (C=O) groups excluding carboxylic acids is 1. The lowest BCUT2D eigenvalue weighted by Crippen LogP contribution is -2.44. The van der Waals surface area contributed by atoms with Crippen LogP contribution >= 0.6 is 11.3 Å². The van der Waals surface area contributed by atoms with Gasteiger partial charge in [0, 0.05) is 19.0 Å².